The first kappa shape index (κ1) is 23.4. The summed E-state index contributed by atoms with van der Waals surface area (Å²) in [4.78, 5) is 38.7. The minimum absolute atomic E-state index is 0.0163. The number of carbonyl (C=O) groups is 3. The SMILES string of the molecule is O=C(NC1CCCC(C(=O)N2CCC(C(=O)O)CC2)C1)OCC1c2ccccc2-c2ccccc21. The molecule has 2 aromatic carbocycles. The van der Waals surface area contributed by atoms with Crippen molar-refractivity contribution in [1.29, 1.82) is 0 Å². The third kappa shape index (κ3) is 4.90. The quantitative estimate of drug-likeness (QED) is 0.667. The lowest BCUT2D eigenvalue weighted by atomic mass is 9.84. The van der Waals surface area contributed by atoms with E-state index in [1.807, 2.05) is 24.3 Å². The summed E-state index contributed by atoms with van der Waals surface area (Å²) in [5, 5.41) is 12.2. The van der Waals surface area contributed by atoms with Crippen molar-refractivity contribution in [3.05, 3.63) is 59.7 Å². The van der Waals surface area contributed by atoms with Gasteiger partial charge in [-0.25, -0.2) is 4.79 Å². The number of carboxylic acid groups (broad SMARTS) is 1. The van der Waals surface area contributed by atoms with Crippen molar-refractivity contribution >= 4 is 18.0 Å². The van der Waals surface area contributed by atoms with Crippen LogP contribution in [0.25, 0.3) is 11.1 Å². The molecule has 0 bridgehead atoms. The number of rotatable bonds is 5. The largest absolute Gasteiger partial charge is 0.481 e. The zero-order valence-corrected chi connectivity index (χ0v) is 19.8. The van der Waals surface area contributed by atoms with Crippen LogP contribution < -0.4 is 5.32 Å². The molecule has 2 aromatic rings. The van der Waals surface area contributed by atoms with Gasteiger partial charge in [0.25, 0.3) is 0 Å². The van der Waals surface area contributed by atoms with Gasteiger partial charge in [0.05, 0.1) is 5.92 Å². The van der Waals surface area contributed by atoms with Crippen LogP contribution in [-0.2, 0) is 14.3 Å². The Kier molecular flexibility index (Phi) is 6.75. The second-order valence-corrected chi connectivity index (χ2v) is 9.97. The summed E-state index contributed by atoms with van der Waals surface area (Å²) in [6, 6.07) is 16.4. The second-order valence-electron chi connectivity index (χ2n) is 9.97. The molecule has 2 unspecified atom stereocenters. The van der Waals surface area contributed by atoms with Crippen molar-refractivity contribution in [2.75, 3.05) is 19.7 Å². The molecule has 1 saturated heterocycles. The van der Waals surface area contributed by atoms with Crippen molar-refractivity contribution in [3.63, 3.8) is 0 Å². The van der Waals surface area contributed by atoms with E-state index in [9.17, 15) is 19.5 Å². The Bertz CT molecular complexity index is 1060. The van der Waals surface area contributed by atoms with Crippen LogP contribution in [0.1, 0.15) is 55.6 Å². The topological polar surface area (TPSA) is 95.9 Å². The van der Waals surface area contributed by atoms with Gasteiger partial charge in [0.15, 0.2) is 0 Å². The molecule has 3 aliphatic rings. The van der Waals surface area contributed by atoms with E-state index < -0.39 is 12.1 Å². The third-order valence-electron chi connectivity index (χ3n) is 7.84. The van der Waals surface area contributed by atoms with Crippen LogP contribution in [0.2, 0.25) is 0 Å². The number of fused-ring (bicyclic) bond motifs is 3. The molecule has 2 amide bonds. The van der Waals surface area contributed by atoms with Crippen LogP contribution in [0.5, 0.6) is 0 Å². The number of hydrogen-bond donors (Lipinski definition) is 2. The summed E-state index contributed by atoms with van der Waals surface area (Å²) in [6.45, 7) is 1.26. The van der Waals surface area contributed by atoms with Gasteiger partial charge in [-0.1, -0.05) is 55.0 Å². The molecule has 35 heavy (non-hydrogen) atoms. The molecule has 0 aromatic heterocycles. The van der Waals surface area contributed by atoms with Crippen molar-refractivity contribution in [2.45, 2.75) is 50.5 Å². The molecule has 0 radical (unpaired) electrons. The number of nitrogens with zero attached hydrogens (tertiary/aromatic N) is 1. The average Bonchev–Trinajstić information content (AvgIpc) is 3.21. The maximum atomic E-state index is 13.0. The molecule has 184 valence electrons. The number of nitrogens with one attached hydrogen (secondary N) is 1. The van der Waals surface area contributed by atoms with E-state index in [2.05, 4.69) is 29.6 Å². The number of carbonyl (C=O) groups excluding carboxylic acids is 2. The Balaban J connectivity index is 1.14. The molecule has 2 atom stereocenters. The van der Waals surface area contributed by atoms with Gasteiger partial charge in [0.2, 0.25) is 5.91 Å². The van der Waals surface area contributed by atoms with Gasteiger partial charge >= 0.3 is 12.1 Å². The fourth-order valence-corrected chi connectivity index (χ4v) is 5.96. The predicted molar refractivity (Wildman–Crippen MR) is 131 cm³/mol. The zero-order valence-electron chi connectivity index (χ0n) is 19.8. The molecule has 1 heterocycles. The van der Waals surface area contributed by atoms with E-state index >= 15 is 0 Å². The van der Waals surface area contributed by atoms with E-state index in [-0.39, 0.29) is 36.3 Å². The summed E-state index contributed by atoms with van der Waals surface area (Å²) in [6.07, 6.45) is 3.69. The number of benzene rings is 2. The van der Waals surface area contributed by atoms with Crippen LogP contribution in [0.4, 0.5) is 4.79 Å². The zero-order chi connectivity index (χ0) is 24.4. The van der Waals surface area contributed by atoms with Gasteiger partial charge in [-0.3, -0.25) is 9.59 Å². The Morgan fingerprint density at radius 3 is 2.14 bits per heavy atom. The lowest BCUT2D eigenvalue weighted by Crippen LogP contribution is -2.46. The Hall–Kier alpha value is -3.35. The van der Waals surface area contributed by atoms with Gasteiger partial charge in [-0.2, -0.15) is 0 Å². The normalized spacial score (nSPS) is 22.2. The molecule has 1 aliphatic heterocycles. The van der Waals surface area contributed by atoms with Gasteiger partial charge in [0, 0.05) is 31.0 Å². The lowest BCUT2D eigenvalue weighted by molar-refractivity contribution is -0.147. The van der Waals surface area contributed by atoms with E-state index in [0.29, 0.717) is 32.4 Å². The summed E-state index contributed by atoms with van der Waals surface area (Å²) in [5.41, 5.74) is 4.74. The van der Waals surface area contributed by atoms with Crippen molar-refractivity contribution in [1.82, 2.24) is 10.2 Å². The van der Waals surface area contributed by atoms with Crippen LogP contribution >= 0.6 is 0 Å². The maximum Gasteiger partial charge on any atom is 0.407 e. The number of hydrogen-bond acceptors (Lipinski definition) is 4. The molecule has 1 saturated carbocycles. The lowest BCUT2D eigenvalue weighted by Gasteiger charge is -2.35. The van der Waals surface area contributed by atoms with E-state index in [0.717, 1.165) is 19.3 Å². The average molecular weight is 477 g/mol. The minimum atomic E-state index is -0.776. The first-order valence-electron chi connectivity index (χ1n) is 12.6. The monoisotopic (exact) mass is 476 g/mol. The molecule has 7 heteroatoms. The van der Waals surface area contributed by atoms with E-state index in [1.54, 1.807) is 4.90 Å². The summed E-state index contributed by atoms with van der Waals surface area (Å²) >= 11 is 0. The molecule has 2 fully saturated rings. The highest BCUT2D eigenvalue weighted by Crippen LogP contribution is 2.44. The first-order valence-corrected chi connectivity index (χ1v) is 12.6. The summed E-state index contributed by atoms with van der Waals surface area (Å²) in [5.74, 6) is -1.16. The third-order valence-corrected chi connectivity index (χ3v) is 7.84. The van der Waals surface area contributed by atoms with E-state index in [4.69, 9.17) is 4.74 Å². The number of alkyl carbamates (subject to hydrolysis) is 1. The molecule has 2 aliphatic carbocycles. The van der Waals surface area contributed by atoms with Crippen LogP contribution in [0.3, 0.4) is 0 Å². The van der Waals surface area contributed by atoms with Crippen LogP contribution in [-0.4, -0.2) is 53.7 Å². The predicted octanol–water partition coefficient (Wildman–Crippen LogP) is 4.41. The van der Waals surface area contributed by atoms with Crippen LogP contribution in [0.15, 0.2) is 48.5 Å². The highest BCUT2D eigenvalue weighted by molar-refractivity contribution is 5.80. The second kappa shape index (κ2) is 10.1. The Labute approximate surface area is 205 Å². The fourth-order valence-electron chi connectivity index (χ4n) is 5.96. The Morgan fingerprint density at radius 2 is 1.51 bits per heavy atom. The van der Waals surface area contributed by atoms with Crippen molar-refractivity contribution in [2.24, 2.45) is 11.8 Å². The smallest absolute Gasteiger partial charge is 0.407 e. The number of ether oxygens (including phenoxy) is 1. The molecular weight excluding hydrogens is 444 g/mol. The molecule has 2 N–H and O–H groups in total. The highest BCUT2D eigenvalue weighted by atomic mass is 16.5. The molecular formula is C28H32N2O5. The van der Waals surface area contributed by atoms with Gasteiger partial charge in [0.1, 0.15) is 6.61 Å². The minimum Gasteiger partial charge on any atom is -0.481 e. The molecule has 7 nitrogen and oxygen atoms in total. The number of aliphatic carboxylic acids is 1. The molecule has 5 rings (SSSR count). The summed E-state index contributed by atoms with van der Waals surface area (Å²) < 4.78 is 5.69. The van der Waals surface area contributed by atoms with Gasteiger partial charge < -0.3 is 20.1 Å². The van der Waals surface area contributed by atoms with E-state index in [1.165, 1.54) is 22.3 Å². The summed E-state index contributed by atoms with van der Waals surface area (Å²) in [7, 11) is 0. The standard InChI is InChI=1S/C28H32N2O5/c31-26(30-14-12-18(13-15-30)27(32)33)19-6-5-7-20(16-19)29-28(34)35-17-25-23-10-3-1-8-21(23)22-9-2-4-11-24(22)25/h1-4,8-11,18-20,25H,5-7,12-17H2,(H,29,34)(H,32,33). The first-order chi connectivity index (χ1) is 17.0. The molecule has 0 spiro atoms. The van der Waals surface area contributed by atoms with Crippen molar-refractivity contribution < 1.29 is 24.2 Å². The maximum absolute atomic E-state index is 13.0. The number of amides is 2. The fraction of sp³-hybridized carbons (Fsp3) is 0.464. The van der Waals surface area contributed by atoms with Gasteiger partial charge in [-0.15, -0.1) is 0 Å². The highest BCUT2D eigenvalue weighted by Gasteiger charge is 2.34. The van der Waals surface area contributed by atoms with Crippen LogP contribution in [0, 0.1) is 11.8 Å². The Morgan fingerprint density at radius 1 is 0.886 bits per heavy atom. The van der Waals surface area contributed by atoms with Crippen molar-refractivity contribution in [3.8, 4) is 11.1 Å². The number of carboxylic acids is 1. The number of piperidine rings is 1. The van der Waals surface area contributed by atoms with Gasteiger partial charge in [-0.05, 0) is 54.4 Å². The number of likely N-dealkylation sites (tertiary alicyclic amines) is 1.